The first-order valence-electron chi connectivity index (χ1n) is 7.78. The van der Waals surface area contributed by atoms with Gasteiger partial charge in [0.1, 0.15) is 6.61 Å². The van der Waals surface area contributed by atoms with Gasteiger partial charge < -0.3 is 9.64 Å². The molecule has 0 N–H and O–H groups in total. The Labute approximate surface area is 142 Å². The highest BCUT2D eigenvalue weighted by Crippen LogP contribution is 2.30. The molecule has 122 valence electrons. The Balaban J connectivity index is 2.21. The molecule has 1 aliphatic heterocycles. The molecule has 1 aromatic rings. The topological polar surface area (TPSA) is 29.5 Å². The Morgan fingerprint density at radius 1 is 1.36 bits per heavy atom. The molecule has 2 rings (SSSR count). The van der Waals surface area contributed by atoms with Gasteiger partial charge in [-0.15, -0.1) is 0 Å². The lowest BCUT2D eigenvalue weighted by molar-refractivity contribution is -0.151. The molecular weight excluding hydrogens is 318 g/mol. The molecule has 22 heavy (non-hydrogen) atoms. The summed E-state index contributed by atoms with van der Waals surface area (Å²) in [5, 5.41) is 1.28. The summed E-state index contributed by atoms with van der Waals surface area (Å²) >= 11 is 7.88. The van der Waals surface area contributed by atoms with Crippen molar-refractivity contribution in [3.05, 3.63) is 34.9 Å². The van der Waals surface area contributed by atoms with E-state index in [0.717, 1.165) is 17.7 Å². The number of nitrogens with zero attached hydrogens (tertiary/aromatic N) is 1. The zero-order valence-corrected chi connectivity index (χ0v) is 15.0. The fourth-order valence-corrected chi connectivity index (χ4v) is 3.81. The van der Waals surface area contributed by atoms with Gasteiger partial charge >= 0.3 is 0 Å². The van der Waals surface area contributed by atoms with E-state index < -0.39 is 0 Å². The summed E-state index contributed by atoms with van der Waals surface area (Å²) in [4.78, 5) is 14.5. The normalized spacial score (nSPS) is 20.5. The van der Waals surface area contributed by atoms with Gasteiger partial charge in [0.05, 0.1) is 12.6 Å². The molecule has 0 saturated carbocycles. The summed E-state index contributed by atoms with van der Waals surface area (Å²) in [6.45, 7) is 7.26. The van der Waals surface area contributed by atoms with Crippen LogP contribution < -0.4 is 0 Å². The Morgan fingerprint density at radius 3 is 2.64 bits per heavy atom. The highest BCUT2D eigenvalue weighted by Gasteiger charge is 2.34. The van der Waals surface area contributed by atoms with Gasteiger partial charge in [0.2, 0.25) is 5.91 Å². The van der Waals surface area contributed by atoms with Gasteiger partial charge in [-0.25, -0.2) is 0 Å². The largest absolute Gasteiger partial charge is 0.369 e. The summed E-state index contributed by atoms with van der Waals surface area (Å²) in [6.07, 6.45) is 0.954. The minimum atomic E-state index is -0.0174. The van der Waals surface area contributed by atoms with Gasteiger partial charge in [0, 0.05) is 16.8 Å². The molecule has 1 unspecified atom stereocenters. The van der Waals surface area contributed by atoms with Crippen molar-refractivity contribution in [1.29, 1.82) is 0 Å². The van der Waals surface area contributed by atoms with Crippen molar-refractivity contribution in [2.24, 2.45) is 0 Å². The third-order valence-corrected chi connectivity index (χ3v) is 5.36. The van der Waals surface area contributed by atoms with E-state index in [1.807, 2.05) is 40.9 Å². The van der Waals surface area contributed by atoms with Gasteiger partial charge in [-0.3, -0.25) is 4.79 Å². The van der Waals surface area contributed by atoms with E-state index >= 15 is 0 Å². The van der Waals surface area contributed by atoms with Crippen LogP contribution in [0.3, 0.4) is 0 Å². The molecule has 3 nitrogen and oxygen atoms in total. The number of halogens is 1. The van der Waals surface area contributed by atoms with Crippen molar-refractivity contribution >= 4 is 29.3 Å². The number of rotatable bonds is 6. The fraction of sp³-hybridized carbons (Fsp3) is 0.588. The summed E-state index contributed by atoms with van der Waals surface area (Å²) in [6, 6.07) is 7.95. The average molecular weight is 342 g/mol. The predicted molar refractivity (Wildman–Crippen MR) is 93.5 cm³/mol. The second-order valence-corrected chi connectivity index (χ2v) is 7.87. The van der Waals surface area contributed by atoms with Crippen LogP contribution >= 0.6 is 23.4 Å². The van der Waals surface area contributed by atoms with E-state index in [4.69, 9.17) is 16.3 Å². The molecule has 1 aliphatic rings. The Hall–Kier alpha value is -0.710. The van der Waals surface area contributed by atoms with Crippen molar-refractivity contribution in [2.75, 3.05) is 19.0 Å². The van der Waals surface area contributed by atoms with Crippen LogP contribution in [0.25, 0.3) is 0 Å². The maximum atomic E-state index is 12.5. The van der Waals surface area contributed by atoms with Crippen LogP contribution in [0.15, 0.2) is 24.3 Å². The minimum Gasteiger partial charge on any atom is -0.369 e. The number of amides is 1. The monoisotopic (exact) mass is 341 g/mol. The molecule has 2 atom stereocenters. The van der Waals surface area contributed by atoms with Crippen LogP contribution in [0.4, 0.5) is 0 Å². The maximum Gasteiger partial charge on any atom is 0.249 e. The second-order valence-electron chi connectivity index (χ2n) is 5.83. The van der Waals surface area contributed by atoms with Crippen molar-refractivity contribution in [2.45, 2.75) is 44.5 Å². The second kappa shape index (κ2) is 8.23. The van der Waals surface area contributed by atoms with Gasteiger partial charge in [-0.2, -0.15) is 11.8 Å². The molecule has 1 amide bonds. The summed E-state index contributed by atoms with van der Waals surface area (Å²) in [5.74, 6) is 1.05. The highest BCUT2D eigenvalue weighted by molar-refractivity contribution is 7.99. The van der Waals surface area contributed by atoms with Gasteiger partial charge in [0.25, 0.3) is 0 Å². The number of hydrogen-bond acceptors (Lipinski definition) is 3. The minimum absolute atomic E-state index is 0.0174. The number of benzene rings is 1. The van der Waals surface area contributed by atoms with Crippen LogP contribution in [-0.2, 0) is 9.53 Å². The molecule has 0 aromatic heterocycles. The van der Waals surface area contributed by atoms with E-state index in [0.29, 0.717) is 16.9 Å². The molecule has 0 radical (unpaired) electrons. The first-order valence-corrected chi connectivity index (χ1v) is 9.21. The zero-order chi connectivity index (χ0) is 16.1. The number of thioether (sulfide) groups is 1. The average Bonchev–Trinajstić information content (AvgIpc) is 2.49. The molecule has 0 spiro atoms. The number of carbonyl (C=O) groups excluding carboxylic acids is 1. The van der Waals surface area contributed by atoms with Crippen LogP contribution in [-0.4, -0.2) is 41.1 Å². The van der Waals surface area contributed by atoms with Crippen LogP contribution in [0, 0.1) is 0 Å². The molecule has 0 aliphatic carbocycles. The smallest absolute Gasteiger partial charge is 0.249 e. The van der Waals surface area contributed by atoms with E-state index in [9.17, 15) is 4.79 Å². The van der Waals surface area contributed by atoms with Crippen molar-refractivity contribution in [3.8, 4) is 0 Å². The summed E-state index contributed by atoms with van der Waals surface area (Å²) in [7, 11) is 0. The summed E-state index contributed by atoms with van der Waals surface area (Å²) < 4.78 is 5.50. The SMILES string of the molecule is CCC(CSC(C)C)N1C(=O)COC[C@H]1c1ccc(Cl)cc1. The van der Waals surface area contributed by atoms with Crippen LogP contribution in [0.1, 0.15) is 38.8 Å². The lowest BCUT2D eigenvalue weighted by atomic mass is 10.0. The van der Waals surface area contributed by atoms with Gasteiger partial charge in [-0.05, 0) is 29.4 Å². The number of carbonyl (C=O) groups is 1. The summed E-state index contributed by atoms with van der Waals surface area (Å²) in [5.41, 5.74) is 1.09. The van der Waals surface area contributed by atoms with Crippen molar-refractivity contribution in [3.63, 3.8) is 0 Å². The van der Waals surface area contributed by atoms with Gasteiger partial charge in [-0.1, -0.05) is 44.5 Å². The number of ether oxygens (including phenoxy) is 1. The lowest BCUT2D eigenvalue weighted by Gasteiger charge is -2.41. The van der Waals surface area contributed by atoms with Crippen molar-refractivity contribution in [1.82, 2.24) is 4.90 Å². The maximum absolute atomic E-state index is 12.5. The van der Waals surface area contributed by atoms with Gasteiger partial charge in [0.15, 0.2) is 0 Å². The molecule has 0 bridgehead atoms. The number of morpholine rings is 1. The fourth-order valence-electron chi connectivity index (χ4n) is 2.68. The molecular formula is C17H24ClNO2S. The predicted octanol–water partition coefficient (Wildman–Crippen LogP) is 4.16. The zero-order valence-electron chi connectivity index (χ0n) is 13.4. The van der Waals surface area contributed by atoms with Crippen LogP contribution in [0.5, 0.6) is 0 Å². The first kappa shape index (κ1) is 17.6. The first-order chi connectivity index (χ1) is 10.5. The quantitative estimate of drug-likeness (QED) is 0.778. The molecule has 1 fully saturated rings. The third-order valence-electron chi connectivity index (χ3n) is 3.87. The van der Waals surface area contributed by atoms with E-state index in [1.165, 1.54) is 0 Å². The molecule has 1 aromatic carbocycles. The number of hydrogen-bond donors (Lipinski definition) is 0. The van der Waals surface area contributed by atoms with E-state index in [-0.39, 0.29) is 24.6 Å². The Morgan fingerprint density at radius 2 is 2.05 bits per heavy atom. The third kappa shape index (κ3) is 4.40. The highest BCUT2D eigenvalue weighted by atomic mass is 35.5. The lowest BCUT2D eigenvalue weighted by Crippen LogP contribution is -2.50. The van der Waals surface area contributed by atoms with Crippen LogP contribution in [0.2, 0.25) is 5.02 Å². The van der Waals surface area contributed by atoms with E-state index in [1.54, 1.807) is 0 Å². The van der Waals surface area contributed by atoms with E-state index in [2.05, 4.69) is 20.8 Å². The van der Waals surface area contributed by atoms with Crippen molar-refractivity contribution < 1.29 is 9.53 Å². The standard InChI is InChI=1S/C17H24ClNO2S/c1-4-15(11-22-12(2)3)19-16(9-21-10-17(19)20)13-5-7-14(18)8-6-13/h5-8,12,15-16H,4,9-11H2,1-3H3/t15?,16-/m0/s1. The Kier molecular flexibility index (Phi) is 6.60. The molecule has 1 saturated heterocycles. The Bertz CT molecular complexity index is 492. The molecule has 5 heteroatoms. The molecule has 1 heterocycles.